The number of pyridine rings is 1. The first-order valence-electron chi connectivity index (χ1n) is 6.34. The maximum Gasteiger partial charge on any atom is 0.339 e. The molecule has 0 bridgehead atoms. The lowest BCUT2D eigenvalue weighted by Gasteiger charge is -2.03. The molecule has 106 valence electrons. The van der Waals surface area contributed by atoms with Gasteiger partial charge in [-0.2, -0.15) is 0 Å². The summed E-state index contributed by atoms with van der Waals surface area (Å²) in [4.78, 5) is 11.6. The van der Waals surface area contributed by atoms with Crippen LogP contribution in [0.25, 0.3) is 5.65 Å². The van der Waals surface area contributed by atoms with Crippen LogP contribution in [-0.4, -0.2) is 27.7 Å². The lowest BCUT2D eigenvalue weighted by atomic mass is 10.1. The maximum atomic E-state index is 11.6. The van der Waals surface area contributed by atoms with Gasteiger partial charge in [-0.15, -0.1) is 10.2 Å². The summed E-state index contributed by atoms with van der Waals surface area (Å²) in [6.45, 7) is 0. The molecule has 1 aromatic carbocycles. The highest BCUT2D eigenvalue weighted by Crippen LogP contribution is 2.14. The molecule has 3 rings (SSSR count). The highest BCUT2D eigenvalue weighted by Gasteiger charge is 2.11. The van der Waals surface area contributed by atoms with Gasteiger partial charge in [-0.05, 0) is 29.8 Å². The molecule has 3 aromatic rings. The zero-order valence-corrected chi connectivity index (χ0v) is 12.0. The highest BCUT2D eigenvalue weighted by molar-refractivity contribution is 6.30. The smallest absolute Gasteiger partial charge is 0.339 e. The van der Waals surface area contributed by atoms with Crippen LogP contribution < -0.4 is 0 Å². The van der Waals surface area contributed by atoms with Gasteiger partial charge < -0.3 is 4.74 Å². The Labute approximate surface area is 126 Å². The number of hydrogen-bond acceptors (Lipinski definition) is 4. The first-order chi connectivity index (χ1) is 10.2. The molecule has 0 atom stereocenters. The first-order valence-corrected chi connectivity index (χ1v) is 6.71. The van der Waals surface area contributed by atoms with Crippen molar-refractivity contribution in [3.05, 3.63) is 64.6 Å². The number of ether oxygens (including phenoxy) is 1. The van der Waals surface area contributed by atoms with E-state index < -0.39 is 0 Å². The van der Waals surface area contributed by atoms with Crippen LogP contribution in [0.5, 0.6) is 0 Å². The van der Waals surface area contributed by atoms with Crippen LogP contribution >= 0.6 is 11.6 Å². The van der Waals surface area contributed by atoms with Gasteiger partial charge in [-0.1, -0.05) is 23.7 Å². The van der Waals surface area contributed by atoms with Crippen LogP contribution in [0.1, 0.15) is 21.7 Å². The van der Waals surface area contributed by atoms with Gasteiger partial charge in [0, 0.05) is 17.6 Å². The summed E-state index contributed by atoms with van der Waals surface area (Å²) in [5.74, 6) is 0.362. The second-order valence-electron chi connectivity index (χ2n) is 4.56. The molecule has 0 aliphatic carbocycles. The molecule has 2 heterocycles. The summed E-state index contributed by atoms with van der Waals surface area (Å²) in [5.41, 5.74) is 2.21. The second-order valence-corrected chi connectivity index (χ2v) is 4.99. The fraction of sp³-hybridized carbons (Fsp3) is 0.133. The third-order valence-corrected chi connectivity index (χ3v) is 3.42. The molecule has 5 nitrogen and oxygen atoms in total. The zero-order valence-electron chi connectivity index (χ0n) is 11.3. The van der Waals surface area contributed by atoms with Crippen LogP contribution in [0.15, 0.2) is 42.6 Å². The van der Waals surface area contributed by atoms with E-state index in [0.29, 0.717) is 22.7 Å². The standard InChI is InChI=1S/C15H12ClN3O2/c1-21-15(20)11-4-7-13-17-18-14(19(13)9-11)8-10-2-5-12(16)6-3-10/h2-7,9H,8H2,1H3. The minimum atomic E-state index is -0.386. The Bertz CT molecular complexity index is 796. The van der Waals surface area contributed by atoms with Gasteiger partial charge in [0.15, 0.2) is 5.65 Å². The number of methoxy groups -OCH3 is 1. The van der Waals surface area contributed by atoms with Crippen molar-refractivity contribution in [1.29, 1.82) is 0 Å². The van der Waals surface area contributed by atoms with E-state index in [1.807, 2.05) is 24.3 Å². The Morgan fingerprint density at radius 3 is 2.67 bits per heavy atom. The van der Waals surface area contributed by atoms with Crippen LogP contribution in [0.2, 0.25) is 5.02 Å². The molecule has 0 fully saturated rings. The van der Waals surface area contributed by atoms with Gasteiger partial charge >= 0.3 is 5.97 Å². The Kier molecular flexibility index (Phi) is 3.58. The molecule has 0 aliphatic heterocycles. The minimum Gasteiger partial charge on any atom is -0.465 e. The zero-order chi connectivity index (χ0) is 14.8. The number of carbonyl (C=O) groups excluding carboxylic acids is 1. The van der Waals surface area contributed by atoms with Crippen molar-refractivity contribution in [3.63, 3.8) is 0 Å². The number of esters is 1. The van der Waals surface area contributed by atoms with Crippen molar-refractivity contribution in [2.24, 2.45) is 0 Å². The Hall–Kier alpha value is -2.40. The fourth-order valence-electron chi connectivity index (χ4n) is 2.08. The van der Waals surface area contributed by atoms with Gasteiger partial charge in [-0.3, -0.25) is 4.40 Å². The van der Waals surface area contributed by atoms with Crippen molar-refractivity contribution in [1.82, 2.24) is 14.6 Å². The molecule has 2 aromatic heterocycles. The average Bonchev–Trinajstić information content (AvgIpc) is 2.91. The quantitative estimate of drug-likeness (QED) is 0.698. The van der Waals surface area contributed by atoms with E-state index in [2.05, 4.69) is 10.2 Å². The molecular weight excluding hydrogens is 290 g/mol. The van der Waals surface area contributed by atoms with Crippen molar-refractivity contribution in [2.75, 3.05) is 7.11 Å². The van der Waals surface area contributed by atoms with Crippen molar-refractivity contribution in [3.8, 4) is 0 Å². The summed E-state index contributed by atoms with van der Waals surface area (Å²) in [6.07, 6.45) is 2.29. The third-order valence-electron chi connectivity index (χ3n) is 3.17. The Balaban J connectivity index is 1.98. The number of nitrogens with zero attached hydrogens (tertiary/aromatic N) is 3. The van der Waals surface area contributed by atoms with E-state index in [-0.39, 0.29) is 5.97 Å². The van der Waals surface area contributed by atoms with Crippen LogP contribution in [0.4, 0.5) is 0 Å². The molecule has 0 unspecified atom stereocenters. The van der Waals surface area contributed by atoms with Gasteiger partial charge in [0.05, 0.1) is 12.7 Å². The minimum absolute atomic E-state index is 0.386. The molecule has 0 amide bonds. The predicted octanol–water partition coefficient (Wildman–Crippen LogP) is 2.76. The van der Waals surface area contributed by atoms with E-state index in [9.17, 15) is 4.79 Å². The Morgan fingerprint density at radius 1 is 1.19 bits per heavy atom. The lowest BCUT2D eigenvalue weighted by Crippen LogP contribution is -2.04. The van der Waals surface area contributed by atoms with Gasteiger partial charge in [0.2, 0.25) is 0 Å². The monoisotopic (exact) mass is 301 g/mol. The van der Waals surface area contributed by atoms with Gasteiger partial charge in [-0.25, -0.2) is 4.79 Å². The number of halogens is 1. The molecule has 0 saturated heterocycles. The topological polar surface area (TPSA) is 56.5 Å². The molecule has 6 heteroatoms. The first kappa shape index (κ1) is 13.6. The van der Waals surface area contributed by atoms with Crippen molar-refractivity contribution < 1.29 is 9.53 Å². The van der Waals surface area contributed by atoms with Crippen molar-refractivity contribution in [2.45, 2.75) is 6.42 Å². The summed E-state index contributed by atoms with van der Waals surface area (Å²) in [6, 6.07) is 11.0. The highest BCUT2D eigenvalue weighted by atomic mass is 35.5. The number of fused-ring (bicyclic) bond motifs is 1. The van der Waals surface area contributed by atoms with Crippen molar-refractivity contribution >= 4 is 23.2 Å². The van der Waals surface area contributed by atoms with Crippen LogP contribution in [-0.2, 0) is 11.2 Å². The number of carbonyl (C=O) groups is 1. The molecule has 0 aliphatic rings. The third kappa shape index (κ3) is 2.73. The Morgan fingerprint density at radius 2 is 1.95 bits per heavy atom. The van der Waals surface area contributed by atoms with Crippen LogP contribution in [0.3, 0.4) is 0 Å². The molecule has 0 radical (unpaired) electrons. The van der Waals surface area contributed by atoms with E-state index >= 15 is 0 Å². The largest absolute Gasteiger partial charge is 0.465 e. The van der Waals surface area contributed by atoms with Crippen LogP contribution in [0, 0.1) is 0 Å². The molecule has 0 N–H and O–H groups in total. The summed E-state index contributed by atoms with van der Waals surface area (Å²) < 4.78 is 6.52. The molecule has 0 saturated carbocycles. The van der Waals surface area contributed by atoms with E-state index in [4.69, 9.17) is 16.3 Å². The normalized spacial score (nSPS) is 10.8. The summed E-state index contributed by atoms with van der Waals surface area (Å²) in [5, 5.41) is 8.95. The number of rotatable bonds is 3. The average molecular weight is 302 g/mol. The van der Waals surface area contributed by atoms with Gasteiger partial charge in [0.25, 0.3) is 0 Å². The van der Waals surface area contributed by atoms with Gasteiger partial charge in [0.1, 0.15) is 5.82 Å². The number of hydrogen-bond donors (Lipinski definition) is 0. The fourth-order valence-corrected chi connectivity index (χ4v) is 2.21. The number of benzene rings is 1. The SMILES string of the molecule is COC(=O)c1ccc2nnc(Cc3ccc(Cl)cc3)n2c1. The van der Waals surface area contributed by atoms with E-state index in [1.54, 1.807) is 22.7 Å². The lowest BCUT2D eigenvalue weighted by molar-refractivity contribution is 0.0600. The maximum absolute atomic E-state index is 11.6. The molecule has 0 spiro atoms. The number of aromatic nitrogens is 3. The predicted molar refractivity (Wildman–Crippen MR) is 78.6 cm³/mol. The molecular formula is C15H12ClN3O2. The van der Waals surface area contributed by atoms with E-state index in [0.717, 1.165) is 11.4 Å². The summed E-state index contributed by atoms with van der Waals surface area (Å²) in [7, 11) is 1.35. The summed E-state index contributed by atoms with van der Waals surface area (Å²) >= 11 is 5.88. The molecule has 21 heavy (non-hydrogen) atoms. The second kappa shape index (κ2) is 5.54. The van der Waals surface area contributed by atoms with E-state index in [1.165, 1.54) is 7.11 Å².